The van der Waals surface area contributed by atoms with Crippen molar-refractivity contribution in [2.75, 3.05) is 26.9 Å². The van der Waals surface area contributed by atoms with E-state index in [1.165, 1.54) is 4.88 Å². The fourth-order valence-corrected chi connectivity index (χ4v) is 3.38. The Morgan fingerprint density at radius 3 is 2.59 bits per heavy atom. The number of aromatic nitrogens is 1. The van der Waals surface area contributed by atoms with Crippen LogP contribution in [-0.2, 0) is 17.8 Å². The van der Waals surface area contributed by atoms with Crippen molar-refractivity contribution in [1.29, 1.82) is 0 Å². The molecule has 0 spiro atoms. The zero-order valence-corrected chi connectivity index (χ0v) is 17.5. The third-order valence-corrected chi connectivity index (χ3v) is 5.03. The van der Waals surface area contributed by atoms with Crippen LogP contribution in [0.5, 0.6) is 5.75 Å². The minimum atomic E-state index is 0.603. The lowest BCUT2D eigenvalue weighted by atomic mass is 10.2. The molecule has 0 saturated carbocycles. The largest absolute Gasteiger partial charge is 0.497 e. The minimum absolute atomic E-state index is 0.603. The van der Waals surface area contributed by atoms with E-state index < -0.39 is 0 Å². The molecule has 0 bridgehead atoms. The van der Waals surface area contributed by atoms with E-state index in [4.69, 9.17) is 14.5 Å². The van der Waals surface area contributed by atoms with Gasteiger partial charge in [0.15, 0.2) is 5.96 Å². The molecule has 0 radical (unpaired) electrons. The molecular formula is C20H30N4O2S. The molecule has 2 N–H and O–H groups in total. The highest BCUT2D eigenvalue weighted by molar-refractivity contribution is 7.11. The van der Waals surface area contributed by atoms with Crippen LogP contribution in [0.1, 0.15) is 34.5 Å². The molecule has 1 aromatic carbocycles. The van der Waals surface area contributed by atoms with Gasteiger partial charge in [-0.15, -0.1) is 11.3 Å². The van der Waals surface area contributed by atoms with Gasteiger partial charge in [0, 0.05) is 24.6 Å². The Morgan fingerprint density at radius 2 is 1.96 bits per heavy atom. The Kier molecular flexibility index (Phi) is 9.07. The average molecular weight is 391 g/mol. The Bertz CT molecular complexity index is 713. The van der Waals surface area contributed by atoms with Crippen molar-refractivity contribution in [2.45, 2.75) is 40.3 Å². The SMILES string of the molecule is CCOCCCNC(=NCc1ccc(OC)cc1)NCc1sc(C)nc1C. The predicted molar refractivity (Wildman–Crippen MR) is 112 cm³/mol. The average Bonchev–Trinajstić information content (AvgIpc) is 3.00. The second-order valence-electron chi connectivity index (χ2n) is 6.09. The lowest BCUT2D eigenvalue weighted by Crippen LogP contribution is -2.37. The second-order valence-corrected chi connectivity index (χ2v) is 7.37. The number of benzene rings is 1. The molecule has 2 rings (SSSR count). The highest BCUT2D eigenvalue weighted by atomic mass is 32.1. The lowest BCUT2D eigenvalue weighted by Gasteiger charge is -2.12. The molecule has 0 saturated heterocycles. The Hall–Kier alpha value is -2.12. The number of hydrogen-bond donors (Lipinski definition) is 2. The molecule has 6 nitrogen and oxygen atoms in total. The summed E-state index contributed by atoms with van der Waals surface area (Å²) in [6.45, 7) is 9.73. The smallest absolute Gasteiger partial charge is 0.191 e. The van der Waals surface area contributed by atoms with Crippen molar-refractivity contribution in [3.8, 4) is 5.75 Å². The van der Waals surface area contributed by atoms with Gasteiger partial charge in [-0.2, -0.15) is 0 Å². The highest BCUT2D eigenvalue weighted by Gasteiger charge is 2.06. The predicted octanol–water partition coefficient (Wildman–Crippen LogP) is 3.43. The van der Waals surface area contributed by atoms with Gasteiger partial charge in [0.1, 0.15) is 5.75 Å². The fourth-order valence-electron chi connectivity index (χ4n) is 2.50. The molecule has 2 aromatic rings. The number of nitrogens with zero attached hydrogens (tertiary/aromatic N) is 2. The van der Waals surface area contributed by atoms with Crippen LogP contribution >= 0.6 is 11.3 Å². The van der Waals surface area contributed by atoms with Crippen molar-refractivity contribution < 1.29 is 9.47 Å². The Morgan fingerprint density at radius 1 is 1.19 bits per heavy atom. The molecule has 27 heavy (non-hydrogen) atoms. The molecular weight excluding hydrogens is 360 g/mol. The van der Waals surface area contributed by atoms with Crippen molar-refractivity contribution in [3.63, 3.8) is 0 Å². The van der Waals surface area contributed by atoms with Gasteiger partial charge in [-0.1, -0.05) is 12.1 Å². The van der Waals surface area contributed by atoms with E-state index in [0.29, 0.717) is 6.54 Å². The van der Waals surface area contributed by atoms with Crippen molar-refractivity contribution in [3.05, 3.63) is 45.4 Å². The van der Waals surface area contributed by atoms with Gasteiger partial charge in [0.25, 0.3) is 0 Å². The van der Waals surface area contributed by atoms with E-state index in [9.17, 15) is 0 Å². The van der Waals surface area contributed by atoms with Crippen LogP contribution < -0.4 is 15.4 Å². The molecule has 0 aliphatic rings. The minimum Gasteiger partial charge on any atom is -0.497 e. The number of aryl methyl sites for hydroxylation is 2. The molecule has 0 atom stereocenters. The van der Waals surface area contributed by atoms with Gasteiger partial charge >= 0.3 is 0 Å². The number of thiazole rings is 1. The van der Waals surface area contributed by atoms with Crippen molar-refractivity contribution in [2.24, 2.45) is 4.99 Å². The summed E-state index contributed by atoms with van der Waals surface area (Å²) in [5.74, 6) is 1.65. The number of guanidine groups is 1. The molecule has 0 fully saturated rings. The summed E-state index contributed by atoms with van der Waals surface area (Å²) >= 11 is 1.72. The van der Waals surface area contributed by atoms with Crippen LogP contribution in [-0.4, -0.2) is 37.8 Å². The van der Waals surface area contributed by atoms with E-state index in [1.54, 1.807) is 18.4 Å². The normalized spacial score (nSPS) is 11.5. The molecule has 148 valence electrons. The first-order valence-corrected chi connectivity index (χ1v) is 10.1. The van der Waals surface area contributed by atoms with E-state index in [2.05, 4.69) is 15.6 Å². The standard InChI is InChI=1S/C20H30N4O2S/c1-5-26-12-6-11-21-20(23-14-19-15(2)24-16(3)27-19)22-13-17-7-9-18(25-4)10-8-17/h7-10H,5-6,11-14H2,1-4H3,(H2,21,22,23). The Balaban J connectivity index is 1.95. The topological polar surface area (TPSA) is 67.8 Å². The van der Waals surface area contributed by atoms with E-state index in [-0.39, 0.29) is 0 Å². The maximum Gasteiger partial charge on any atom is 0.191 e. The molecule has 0 amide bonds. The second kappa shape index (κ2) is 11.6. The number of nitrogens with one attached hydrogen (secondary N) is 2. The summed E-state index contributed by atoms with van der Waals surface area (Å²) < 4.78 is 10.6. The number of ether oxygens (including phenoxy) is 2. The summed E-state index contributed by atoms with van der Waals surface area (Å²) in [5, 5.41) is 7.89. The molecule has 1 heterocycles. The number of rotatable bonds is 10. The third kappa shape index (κ3) is 7.56. The van der Waals surface area contributed by atoms with E-state index in [0.717, 1.165) is 60.7 Å². The highest BCUT2D eigenvalue weighted by Crippen LogP contribution is 2.16. The quantitative estimate of drug-likeness (QED) is 0.370. The van der Waals surface area contributed by atoms with E-state index >= 15 is 0 Å². The van der Waals surface area contributed by atoms with Gasteiger partial charge in [0.2, 0.25) is 0 Å². The first-order valence-electron chi connectivity index (χ1n) is 9.28. The lowest BCUT2D eigenvalue weighted by molar-refractivity contribution is 0.145. The van der Waals surface area contributed by atoms with Gasteiger partial charge in [-0.05, 0) is 44.9 Å². The van der Waals surface area contributed by atoms with Crippen LogP contribution in [0.25, 0.3) is 0 Å². The number of hydrogen-bond acceptors (Lipinski definition) is 5. The molecule has 0 aliphatic carbocycles. The van der Waals surface area contributed by atoms with Crippen LogP contribution in [0, 0.1) is 13.8 Å². The van der Waals surface area contributed by atoms with Gasteiger partial charge in [0.05, 0.1) is 30.9 Å². The summed E-state index contributed by atoms with van der Waals surface area (Å²) in [7, 11) is 1.67. The van der Waals surface area contributed by atoms with Gasteiger partial charge < -0.3 is 20.1 Å². The zero-order valence-electron chi connectivity index (χ0n) is 16.7. The Labute approximate surface area is 166 Å². The molecule has 0 unspecified atom stereocenters. The molecule has 7 heteroatoms. The van der Waals surface area contributed by atoms with Crippen molar-refractivity contribution >= 4 is 17.3 Å². The zero-order chi connectivity index (χ0) is 19.5. The fraction of sp³-hybridized carbons (Fsp3) is 0.500. The monoisotopic (exact) mass is 390 g/mol. The van der Waals surface area contributed by atoms with Crippen molar-refractivity contribution in [1.82, 2.24) is 15.6 Å². The van der Waals surface area contributed by atoms with Crippen LogP contribution in [0.3, 0.4) is 0 Å². The van der Waals surface area contributed by atoms with Crippen LogP contribution in [0.15, 0.2) is 29.3 Å². The number of methoxy groups -OCH3 is 1. The first kappa shape index (κ1) is 21.2. The van der Waals surface area contributed by atoms with Crippen LogP contribution in [0.2, 0.25) is 0 Å². The van der Waals surface area contributed by atoms with Gasteiger partial charge in [-0.3, -0.25) is 0 Å². The summed E-state index contributed by atoms with van der Waals surface area (Å²) in [4.78, 5) is 10.4. The third-order valence-electron chi connectivity index (χ3n) is 3.96. The maximum atomic E-state index is 5.40. The molecule has 0 aliphatic heterocycles. The summed E-state index contributed by atoms with van der Waals surface area (Å²) in [5.41, 5.74) is 2.21. The molecule has 1 aromatic heterocycles. The summed E-state index contributed by atoms with van der Waals surface area (Å²) in [6, 6.07) is 7.98. The first-order chi connectivity index (χ1) is 13.1. The number of aliphatic imine (C=N–C) groups is 1. The van der Waals surface area contributed by atoms with Gasteiger partial charge in [-0.25, -0.2) is 9.98 Å². The maximum absolute atomic E-state index is 5.40. The van der Waals surface area contributed by atoms with E-state index in [1.807, 2.05) is 45.0 Å². The summed E-state index contributed by atoms with van der Waals surface area (Å²) in [6.07, 6.45) is 0.940. The van der Waals surface area contributed by atoms with Crippen LogP contribution in [0.4, 0.5) is 0 Å².